The van der Waals surface area contributed by atoms with Gasteiger partial charge in [0.1, 0.15) is 12.4 Å². The molecule has 0 aliphatic carbocycles. The Morgan fingerprint density at radius 1 is 1.30 bits per heavy atom. The van der Waals surface area contributed by atoms with E-state index in [2.05, 4.69) is 6.58 Å². The number of ether oxygens (including phenoxy) is 1. The zero-order valence-corrected chi connectivity index (χ0v) is 11.6. The van der Waals surface area contributed by atoms with Crippen molar-refractivity contribution in [1.29, 1.82) is 0 Å². The van der Waals surface area contributed by atoms with E-state index in [1.54, 1.807) is 18.2 Å². The molecule has 0 atom stereocenters. The van der Waals surface area contributed by atoms with Gasteiger partial charge in [-0.25, -0.2) is 4.79 Å². The molecule has 0 spiro atoms. The average molecular weight is 286 g/mol. The Bertz CT molecular complexity index is 627. The monoisotopic (exact) mass is 286 g/mol. The van der Waals surface area contributed by atoms with Gasteiger partial charge in [-0.15, -0.1) is 11.3 Å². The molecule has 0 saturated heterocycles. The number of thiophene rings is 1. The fourth-order valence-corrected chi connectivity index (χ4v) is 2.44. The van der Waals surface area contributed by atoms with Crippen LogP contribution in [0.25, 0.3) is 11.6 Å². The van der Waals surface area contributed by atoms with Gasteiger partial charge in [-0.2, -0.15) is 0 Å². The molecule has 0 amide bonds. The first-order valence-electron chi connectivity index (χ1n) is 6.04. The Balaban J connectivity index is 2.41. The van der Waals surface area contributed by atoms with Crippen LogP contribution in [-0.2, 0) is 4.79 Å². The van der Waals surface area contributed by atoms with Gasteiger partial charge in [0.05, 0.1) is 5.57 Å². The summed E-state index contributed by atoms with van der Waals surface area (Å²) >= 11 is 1.40. The van der Waals surface area contributed by atoms with Crippen LogP contribution in [0.1, 0.15) is 10.4 Å². The third-order valence-corrected chi connectivity index (χ3v) is 3.50. The molecule has 1 aromatic carbocycles. The van der Waals surface area contributed by atoms with E-state index in [0.29, 0.717) is 12.4 Å². The van der Waals surface area contributed by atoms with Crippen molar-refractivity contribution in [2.45, 2.75) is 0 Å². The molecule has 0 aliphatic heterocycles. The summed E-state index contributed by atoms with van der Waals surface area (Å²) in [5.74, 6) is -0.311. The first-order chi connectivity index (χ1) is 9.72. The fraction of sp³-hybridized carbons (Fsp3) is 0.0625. The van der Waals surface area contributed by atoms with E-state index >= 15 is 0 Å². The van der Waals surface area contributed by atoms with Crippen LogP contribution in [0, 0.1) is 0 Å². The Morgan fingerprint density at radius 3 is 2.75 bits per heavy atom. The second-order valence-corrected chi connectivity index (χ2v) is 4.93. The highest BCUT2D eigenvalue weighted by Gasteiger charge is 2.12. The van der Waals surface area contributed by atoms with Crippen molar-refractivity contribution >= 4 is 29.0 Å². The molecule has 2 aromatic rings. The number of hydrogen-bond acceptors (Lipinski definition) is 3. The quantitative estimate of drug-likeness (QED) is 0.646. The van der Waals surface area contributed by atoms with E-state index in [9.17, 15) is 9.90 Å². The zero-order valence-electron chi connectivity index (χ0n) is 10.8. The van der Waals surface area contributed by atoms with Gasteiger partial charge in [0.15, 0.2) is 0 Å². The zero-order chi connectivity index (χ0) is 14.4. The van der Waals surface area contributed by atoms with Crippen molar-refractivity contribution in [3.63, 3.8) is 0 Å². The molecule has 0 aliphatic rings. The molecule has 1 aromatic heterocycles. The molecule has 0 saturated carbocycles. The lowest BCUT2D eigenvalue weighted by Crippen LogP contribution is -1.99. The summed E-state index contributed by atoms with van der Waals surface area (Å²) in [7, 11) is 0. The minimum atomic E-state index is -0.953. The predicted octanol–water partition coefficient (Wildman–Crippen LogP) is 3.94. The maximum absolute atomic E-state index is 11.4. The van der Waals surface area contributed by atoms with Gasteiger partial charge in [0.2, 0.25) is 0 Å². The van der Waals surface area contributed by atoms with Crippen molar-refractivity contribution in [3.05, 3.63) is 64.9 Å². The van der Waals surface area contributed by atoms with Crippen LogP contribution in [0.2, 0.25) is 0 Å². The highest BCUT2D eigenvalue weighted by atomic mass is 32.1. The first kappa shape index (κ1) is 14.1. The SMILES string of the molecule is C=CCOc1ccccc1/C=C(\C(=O)O)c1cccs1. The summed E-state index contributed by atoms with van der Waals surface area (Å²) in [4.78, 5) is 12.1. The van der Waals surface area contributed by atoms with Gasteiger partial charge < -0.3 is 9.84 Å². The standard InChI is InChI=1S/C16H14O3S/c1-2-9-19-14-7-4-3-6-12(14)11-13(16(17)18)15-8-5-10-20-15/h2-8,10-11H,1,9H2,(H,17,18)/b13-11-. The summed E-state index contributed by atoms with van der Waals surface area (Å²) < 4.78 is 5.53. The molecule has 0 unspecified atom stereocenters. The molecule has 1 heterocycles. The second-order valence-electron chi connectivity index (χ2n) is 3.98. The van der Waals surface area contributed by atoms with Crippen molar-refractivity contribution in [1.82, 2.24) is 0 Å². The Morgan fingerprint density at radius 2 is 2.10 bits per heavy atom. The van der Waals surface area contributed by atoms with E-state index in [1.165, 1.54) is 11.3 Å². The van der Waals surface area contributed by atoms with E-state index in [0.717, 1.165) is 10.4 Å². The lowest BCUT2D eigenvalue weighted by Gasteiger charge is -2.08. The molecular weight excluding hydrogens is 272 g/mol. The summed E-state index contributed by atoms with van der Waals surface area (Å²) in [6.07, 6.45) is 3.28. The van der Waals surface area contributed by atoms with Crippen molar-refractivity contribution in [2.75, 3.05) is 6.61 Å². The van der Waals surface area contributed by atoms with E-state index in [-0.39, 0.29) is 5.57 Å². The molecule has 0 bridgehead atoms. The van der Waals surface area contributed by atoms with Gasteiger partial charge >= 0.3 is 5.97 Å². The van der Waals surface area contributed by atoms with Crippen molar-refractivity contribution < 1.29 is 14.6 Å². The van der Waals surface area contributed by atoms with Crippen LogP contribution in [0.3, 0.4) is 0 Å². The third kappa shape index (κ3) is 3.36. The van der Waals surface area contributed by atoms with Gasteiger partial charge in [-0.1, -0.05) is 36.9 Å². The highest BCUT2D eigenvalue weighted by Crippen LogP contribution is 2.27. The molecular formula is C16H14O3S. The van der Waals surface area contributed by atoms with Gasteiger partial charge in [0.25, 0.3) is 0 Å². The van der Waals surface area contributed by atoms with Crippen LogP contribution in [0.5, 0.6) is 5.75 Å². The molecule has 0 fully saturated rings. The molecule has 0 radical (unpaired) electrons. The Kier molecular flexibility index (Phi) is 4.74. The summed E-state index contributed by atoms with van der Waals surface area (Å²) in [6, 6.07) is 11.0. The Labute approximate surface area is 121 Å². The number of aliphatic carboxylic acids is 1. The maximum Gasteiger partial charge on any atom is 0.337 e. The summed E-state index contributed by atoms with van der Waals surface area (Å²) in [5.41, 5.74) is 0.995. The first-order valence-corrected chi connectivity index (χ1v) is 6.92. The highest BCUT2D eigenvalue weighted by molar-refractivity contribution is 7.11. The van der Waals surface area contributed by atoms with Crippen LogP contribution in [0.15, 0.2) is 54.4 Å². The average Bonchev–Trinajstić information content (AvgIpc) is 2.97. The number of carboxylic acid groups (broad SMARTS) is 1. The second kappa shape index (κ2) is 6.73. The molecule has 1 N–H and O–H groups in total. The molecule has 4 heteroatoms. The summed E-state index contributed by atoms with van der Waals surface area (Å²) in [5, 5.41) is 11.2. The van der Waals surface area contributed by atoms with E-state index in [4.69, 9.17) is 4.74 Å². The van der Waals surface area contributed by atoms with Gasteiger partial charge in [-0.05, 0) is 23.6 Å². The lowest BCUT2D eigenvalue weighted by atomic mass is 10.1. The van der Waals surface area contributed by atoms with Crippen molar-refractivity contribution in [2.24, 2.45) is 0 Å². The fourth-order valence-electron chi connectivity index (χ4n) is 1.71. The number of benzene rings is 1. The molecule has 2 rings (SSSR count). The predicted molar refractivity (Wildman–Crippen MR) is 82.0 cm³/mol. The van der Waals surface area contributed by atoms with Gasteiger partial charge in [0, 0.05) is 10.4 Å². The van der Waals surface area contributed by atoms with Crippen LogP contribution in [-0.4, -0.2) is 17.7 Å². The lowest BCUT2D eigenvalue weighted by molar-refractivity contribution is -0.130. The molecule has 102 valence electrons. The van der Waals surface area contributed by atoms with Crippen LogP contribution >= 0.6 is 11.3 Å². The smallest absolute Gasteiger partial charge is 0.337 e. The van der Waals surface area contributed by atoms with Gasteiger partial charge in [-0.3, -0.25) is 0 Å². The van der Waals surface area contributed by atoms with Crippen LogP contribution < -0.4 is 4.74 Å². The number of carboxylic acids is 1. The number of rotatable bonds is 6. The van der Waals surface area contributed by atoms with E-state index < -0.39 is 5.97 Å². The topological polar surface area (TPSA) is 46.5 Å². The number of para-hydroxylation sites is 1. The van der Waals surface area contributed by atoms with Crippen LogP contribution in [0.4, 0.5) is 0 Å². The van der Waals surface area contributed by atoms with Crippen molar-refractivity contribution in [3.8, 4) is 5.75 Å². The minimum absolute atomic E-state index is 0.259. The number of hydrogen-bond donors (Lipinski definition) is 1. The minimum Gasteiger partial charge on any atom is -0.489 e. The molecule has 3 nitrogen and oxygen atoms in total. The van der Waals surface area contributed by atoms with E-state index in [1.807, 2.05) is 35.7 Å². The third-order valence-electron chi connectivity index (χ3n) is 2.59. The largest absolute Gasteiger partial charge is 0.489 e. The summed E-state index contributed by atoms with van der Waals surface area (Å²) in [6.45, 7) is 3.98. The Hall–Kier alpha value is -2.33. The normalized spacial score (nSPS) is 11.1. The molecule has 20 heavy (non-hydrogen) atoms. The number of carbonyl (C=O) groups is 1. The maximum atomic E-state index is 11.4.